The summed E-state index contributed by atoms with van der Waals surface area (Å²) in [5, 5.41) is 3.06. The highest BCUT2D eigenvalue weighted by Gasteiger charge is 2.41. The molecule has 2 aromatic rings. The molecular formula is C18H23N3O3. The van der Waals surface area contributed by atoms with Gasteiger partial charge in [0, 0.05) is 12.4 Å². The van der Waals surface area contributed by atoms with Crippen LogP contribution in [0.5, 0.6) is 0 Å². The van der Waals surface area contributed by atoms with E-state index in [9.17, 15) is 4.79 Å². The molecule has 6 heteroatoms. The molecule has 1 aliphatic heterocycles. The van der Waals surface area contributed by atoms with Gasteiger partial charge in [-0.2, -0.15) is 0 Å². The van der Waals surface area contributed by atoms with Gasteiger partial charge in [-0.15, -0.1) is 0 Å². The molecule has 1 aliphatic carbocycles. The van der Waals surface area contributed by atoms with Crippen LogP contribution in [0.15, 0.2) is 35.3 Å². The number of nitrogens with zero attached hydrogens (tertiary/aromatic N) is 2. The fourth-order valence-corrected chi connectivity index (χ4v) is 3.88. The Kier molecular flexibility index (Phi) is 4.14. The first kappa shape index (κ1) is 15.4. The van der Waals surface area contributed by atoms with Crippen molar-refractivity contribution in [3.8, 4) is 0 Å². The molecule has 1 spiro atoms. The second-order valence-electron chi connectivity index (χ2n) is 6.93. The quantitative estimate of drug-likeness (QED) is 0.936. The van der Waals surface area contributed by atoms with Gasteiger partial charge in [-0.05, 0) is 31.4 Å². The molecule has 0 aromatic carbocycles. The largest absolute Gasteiger partial charge is 0.454 e. The monoisotopic (exact) mass is 329 g/mol. The van der Waals surface area contributed by atoms with E-state index >= 15 is 0 Å². The maximum Gasteiger partial charge on any atom is 0.287 e. The molecule has 128 valence electrons. The number of carbonyl (C=O) groups excluding carboxylic acids is 1. The first-order valence-electron chi connectivity index (χ1n) is 8.72. The molecule has 3 heterocycles. The smallest absolute Gasteiger partial charge is 0.287 e. The van der Waals surface area contributed by atoms with E-state index in [0.717, 1.165) is 25.0 Å². The van der Waals surface area contributed by atoms with Crippen molar-refractivity contribution < 1.29 is 13.9 Å². The standard InChI is InChI=1S/C18H23N3O3/c22-17(16-5-4-15(24-16)11-21-9-8-19-13-21)20-14-10-18(23-12-14)6-2-1-3-7-18/h4-5,8-9,13-14H,1-3,6-7,10-12H2,(H,20,22)/t14-/m1/s1. The fraction of sp³-hybridized carbons (Fsp3) is 0.556. The van der Waals surface area contributed by atoms with Gasteiger partial charge in [0.1, 0.15) is 5.76 Å². The molecule has 0 unspecified atom stereocenters. The highest BCUT2D eigenvalue weighted by atomic mass is 16.5. The summed E-state index contributed by atoms with van der Waals surface area (Å²) in [6, 6.07) is 3.65. The Morgan fingerprint density at radius 1 is 1.33 bits per heavy atom. The van der Waals surface area contributed by atoms with Crippen LogP contribution in [-0.2, 0) is 11.3 Å². The van der Waals surface area contributed by atoms with Gasteiger partial charge in [0.25, 0.3) is 5.91 Å². The number of imidazole rings is 1. The molecule has 1 amide bonds. The predicted molar refractivity (Wildman–Crippen MR) is 87.7 cm³/mol. The zero-order valence-electron chi connectivity index (χ0n) is 13.7. The maximum atomic E-state index is 12.4. The highest BCUT2D eigenvalue weighted by molar-refractivity contribution is 5.91. The van der Waals surface area contributed by atoms with Gasteiger partial charge in [-0.25, -0.2) is 4.98 Å². The minimum Gasteiger partial charge on any atom is -0.454 e. The van der Waals surface area contributed by atoms with E-state index in [-0.39, 0.29) is 17.6 Å². The Hall–Kier alpha value is -2.08. The summed E-state index contributed by atoms with van der Waals surface area (Å²) < 4.78 is 13.6. The summed E-state index contributed by atoms with van der Waals surface area (Å²) in [6.45, 7) is 1.18. The van der Waals surface area contributed by atoms with E-state index in [1.165, 1.54) is 19.3 Å². The van der Waals surface area contributed by atoms with E-state index in [1.807, 2.05) is 16.8 Å². The van der Waals surface area contributed by atoms with E-state index in [4.69, 9.17) is 9.15 Å². The highest BCUT2D eigenvalue weighted by Crippen LogP contribution is 2.39. The minimum atomic E-state index is -0.159. The number of carbonyl (C=O) groups is 1. The molecule has 1 atom stereocenters. The van der Waals surface area contributed by atoms with Gasteiger partial charge in [0.15, 0.2) is 5.76 Å². The lowest BCUT2D eigenvalue weighted by molar-refractivity contribution is -0.0246. The predicted octanol–water partition coefficient (Wildman–Crippen LogP) is 2.75. The summed E-state index contributed by atoms with van der Waals surface area (Å²) in [5.74, 6) is 0.938. The van der Waals surface area contributed by atoms with Crippen LogP contribution < -0.4 is 5.32 Å². The van der Waals surface area contributed by atoms with E-state index in [1.54, 1.807) is 18.6 Å². The van der Waals surface area contributed by atoms with Crippen molar-refractivity contribution in [1.29, 1.82) is 0 Å². The number of hydrogen-bond donors (Lipinski definition) is 1. The Labute approximate surface area is 141 Å². The molecule has 6 nitrogen and oxygen atoms in total. The zero-order chi connectivity index (χ0) is 16.4. The number of rotatable bonds is 4. The normalized spacial score (nSPS) is 22.8. The van der Waals surface area contributed by atoms with Gasteiger partial charge in [0.05, 0.1) is 31.1 Å². The summed E-state index contributed by atoms with van der Waals surface area (Å²) in [5.41, 5.74) is 0.00590. The van der Waals surface area contributed by atoms with Crippen molar-refractivity contribution in [2.24, 2.45) is 0 Å². The number of furan rings is 1. The fourth-order valence-electron chi connectivity index (χ4n) is 3.88. The molecular weight excluding hydrogens is 306 g/mol. The number of aromatic nitrogens is 2. The second kappa shape index (κ2) is 6.43. The third-order valence-electron chi connectivity index (χ3n) is 5.09. The van der Waals surface area contributed by atoms with E-state index < -0.39 is 0 Å². The molecule has 24 heavy (non-hydrogen) atoms. The SMILES string of the molecule is O=C(N[C@H]1COC2(CCCCC2)C1)c1ccc(Cn2ccnc2)o1. The number of hydrogen-bond acceptors (Lipinski definition) is 4. The van der Waals surface area contributed by atoms with Crippen LogP contribution in [0.1, 0.15) is 54.8 Å². The lowest BCUT2D eigenvalue weighted by Crippen LogP contribution is -2.37. The van der Waals surface area contributed by atoms with Gasteiger partial charge in [0.2, 0.25) is 0 Å². The van der Waals surface area contributed by atoms with E-state index in [0.29, 0.717) is 18.9 Å². The van der Waals surface area contributed by atoms with Crippen molar-refractivity contribution in [3.63, 3.8) is 0 Å². The van der Waals surface area contributed by atoms with Crippen molar-refractivity contribution in [2.75, 3.05) is 6.61 Å². The molecule has 1 saturated heterocycles. The molecule has 0 radical (unpaired) electrons. The Balaban J connectivity index is 1.34. The average Bonchev–Trinajstić information content (AvgIpc) is 3.32. The van der Waals surface area contributed by atoms with Gasteiger partial charge in [-0.1, -0.05) is 19.3 Å². The van der Waals surface area contributed by atoms with Crippen LogP contribution in [-0.4, -0.2) is 33.7 Å². The molecule has 1 N–H and O–H groups in total. The third-order valence-corrected chi connectivity index (χ3v) is 5.09. The first-order chi connectivity index (χ1) is 11.7. The topological polar surface area (TPSA) is 69.3 Å². The molecule has 2 aliphatic rings. The van der Waals surface area contributed by atoms with Crippen molar-refractivity contribution >= 4 is 5.91 Å². The van der Waals surface area contributed by atoms with Crippen molar-refractivity contribution in [3.05, 3.63) is 42.4 Å². The van der Waals surface area contributed by atoms with Crippen LogP contribution in [0.3, 0.4) is 0 Å². The zero-order valence-corrected chi connectivity index (χ0v) is 13.7. The Bertz CT molecular complexity index is 686. The number of nitrogens with one attached hydrogen (secondary N) is 1. The lowest BCUT2D eigenvalue weighted by Gasteiger charge is -2.32. The second-order valence-corrected chi connectivity index (χ2v) is 6.93. The summed E-state index contributed by atoms with van der Waals surface area (Å²) in [7, 11) is 0. The molecule has 0 bridgehead atoms. The molecule has 4 rings (SSSR count). The molecule has 2 aromatic heterocycles. The maximum absolute atomic E-state index is 12.4. The number of amides is 1. The molecule has 2 fully saturated rings. The summed E-state index contributed by atoms with van der Waals surface area (Å²) in [4.78, 5) is 16.4. The Morgan fingerprint density at radius 3 is 3.00 bits per heavy atom. The van der Waals surface area contributed by atoms with Gasteiger partial charge >= 0.3 is 0 Å². The van der Waals surface area contributed by atoms with Crippen LogP contribution in [0.25, 0.3) is 0 Å². The van der Waals surface area contributed by atoms with Crippen LogP contribution in [0.2, 0.25) is 0 Å². The van der Waals surface area contributed by atoms with E-state index in [2.05, 4.69) is 10.3 Å². The summed E-state index contributed by atoms with van der Waals surface area (Å²) in [6.07, 6.45) is 12.2. The van der Waals surface area contributed by atoms with Crippen LogP contribution in [0.4, 0.5) is 0 Å². The van der Waals surface area contributed by atoms with Crippen LogP contribution in [0, 0.1) is 0 Å². The van der Waals surface area contributed by atoms with Crippen molar-refractivity contribution in [1.82, 2.24) is 14.9 Å². The van der Waals surface area contributed by atoms with Gasteiger partial charge < -0.3 is 19.0 Å². The van der Waals surface area contributed by atoms with Gasteiger partial charge in [-0.3, -0.25) is 4.79 Å². The van der Waals surface area contributed by atoms with Crippen LogP contribution >= 0.6 is 0 Å². The summed E-state index contributed by atoms with van der Waals surface area (Å²) >= 11 is 0. The number of ether oxygens (including phenoxy) is 1. The van der Waals surface area contributed by atoms with Crippen molar-refractivity contribution in [2.45, 2.75) is 56.7 Å². The lowest BCUT2D eigenvalue weighted by atomic mass is 9.82. The first-order valence-corrected chi connectivity index (χ1v) is 8.72. The average molecular weight is 329 g/mol. The molecule has 1 saturated carbocycles. The minimum absolute atomic E-state index is 0.00590. The Morgan fingerprint density at radius 2 is 2.21 bits per heavy atom. The third kappa shape index (κ3) is 3.24.